The number of hydrogen-bond donors (Lipinski definition) is 2. The number of amides is 3. The van der Waals surface area contributed by atoms with E-state index in [9.17, 15) is 9.59 Å². The van der Waals surface area contributed by atoms with Crippen LogP contribution in [0.1, 0.15) is 20.3 Å². The van der Waals surface area contributed by atoms with E-state index in [0.717, 1.165) is 11.5 Å². The summed E-state index contributed by atoms with van der Waals surface area (Å²) in [4.78, 5) is 22.2. The Morgan fingerprint density at radius 2 is 2.13 bits per heavy atom. The van der Waals surface area contributed by atoms with E-state index in [4.69, 9.17) is 11.6 Å². The molecular weight excluding hydrogens is 236 g/mol. The van der Waals surface area contributed by atoms with E-state index in [2.05, 4.69) is 17.6 Å². The molecule has 2 N–H and O–H groups in total. The Labute approximate surface area is 99.5 Å². The maximum atomic E-state index is 11.2. The molecule has 0 rings (SSSR count). The number of imide groups is 1. The van der Waals surface area contributed by atoms with Gasteiger partial charge < -0.3 is 5.32 Å². The average molecular weight is 253 g/mol. The van der Waals surface area contributed by atoms with Crippen LogP contribution in [0.3, 0.4) is 0 Å². The van der Waals surface area contributed by atoms with Crippen molar-refractivity contribution >= 4 is 35.3 Å². The monoisotopic (exact) mass is 252 g/mol. The van der Waals surface area contributed by atoms with Crippen LogP contribution in [-0.2, 0) is 4.79 Å². The summed E-state index contributed by atoms with van der Waals surface area (Å²) in [5.74, 6) is 1.73. The lowest BCUT2D eigenvalue weighted by atomic mass is 10.4. The normalized spacial score (nSPS) is 11.9. The molecule has 4 nitrogen and oxygen atoms in total. The molecule has 0 aliphatic rings. The number of urea groups is 1. The van der Waals surface area contributed by atoms with Gasteiger partial charge >= 0.3 is 6.03 Å². The SMILES string of the molecule is CCSCC(C)NC(=O)NC(=O)CCCl. The van der Waals surface area contributed by atoms with E-state index >= 15 is 0 Å². The molecule has 1 atom stereocenters. The number of alkyl halides is 1. The Morgan fingerprint density at radius 1 is 1.47 bits per heavy atom. The van der Waals surface area contributed by atoms with Gasteiger partial charge in [-0.05, 0) is 12.7 Å². The van der Waals surface area contributed by atoms with Crippen molar-refractivity contribution in [2.75, 3.05) is 17.4 Å². The van der Waals surface area contributed by atoms with Gasteiger partial charge in [0.15, 0.2) is 0 Å². The number of halogens is 1. The third-order valence-electron chi connectivity index (χ3n) is 1.52. The first-order chi connectivity index (χ1) is 7.10. The highest BCUT2D eigenvalue weighted by atomic mass is 35.5. The van der Waals surface area contributed by atoms with E-state index in [1.165, 1.54) is 0 Å². The third kappa shape index (κ3) is 8.57. The van der Waals surface area contributed by atoms with Gasteiger partial charge in [-0.1, -0.05) is 6.92 Å². The van der Waals surface area contributed by atoms with Crippen LogP contribution in [-0.4, -0.2) is 35.4 Å². The Morgan fingerprint density at radius 3 is 2.67 bits per heavy atom. The first kappa shape index (κ1) is 14.6. The summed E-state index contributed by atoms with van der Waals surface area (Å²) in [7, 11) is 0. The summed E-state index contributed by atoms with van der Waals surface area (Å²) < 4.78 is 0. The highest BCUT2D eigenvalue weighted by Crippen LogP contribution is 2.00. The Balaban J connectivity index is 3.68. The molecule has 88 valence electrons. The van der Waals surface area contributed by atoms with Gasteiger partial charge in [0.25, 0.3) is 0 Å². The van der Waals surface area contributed by atoms with Crippen molar-refractivity contribution < 1.29 is 9.59 Å². The molecular formula is C9H17ClN2O2S. The smallest absolute Gasteiger partial charge is 0.321 e. The highest BCUT2D eigenvalue weighted by Gasteiger charge is 2.09. The maximum Gasteiger partial charge on any atom is 0.321 e. The molecule has 0 fully saturated rings. The number of rotatable bonds is 6. The lowest BCUT2D eigenvalue weighted by molar-refractivity contribution is -0.119. The van der Waals surface area contributed by atoms with Crippen molar-refractivity contribution in [1.82, 2.24) is 10.6 Å². The average Bonchev–Trinajstić information content (AvgIpc) is 2.14. The van der Waals surface area contributed by atoms with Crippen LogP contribution in [0.2, 0.25) is 0 Å². The molecule has 6 heteroatoms. The van der Waals surface area contributed by atoms with Crippen LogP contribution in [0.4, 0.5) is 4.79 Å². The Hall–Kier alpha value is -0.420. The van der Waals surface area contributed by atoms with Crippen molar-refractivity contribution in [2.45, 2.75) is 26.3 Å². The minimum absolute atomic E-state index is 0.0544. The summed E-state index contributed by atoms with van der Waals surface area (Å²) in [6, 6.07) is -0.395. The van der Waals surface area contributed by atoms with Gasteiger partial charge in [-0.3, -0.25) is 10.1 Å². The molecule has 0 aliphatic heterocycles. The van der Waals surface area contributed by atoms with Crippen molar-refractivity contribution in [3.05, 3.63) is 0 Å². The van der Waals surface area contributed by atoms with Crippen molar-refractivity contribution in [3.63, 3.8) is 0 Å². The highest BCUT2D eigenvalue weighted by molar-refractivity contribution is 7.99. The van der Waals surface area contributed by atoms with Crippen LogP contribution in [0.25, 0.3) is 0 Å². The number of hydrogen-bond acceptors (Lipinski definition) is 3. The van der Waals surface area contributed by atoms with E-state index in [1.54, 1.807) is 11.8 Å². The third-order valence-corrected chi connectivity index (χ3v) is 2.86. The maximum absolute atomic E-state index is 11.2. The van der Waals surface area contributed by atoms with Gasteiger partial charge in [0.05, 0.1) is 0 Å². The Kier molecular flexibility index (Phi) is 8.61. The second-order valence-electron chi connectivity index (χ2n) is 3.02. The second kappa shape index (κ2) is 8.85. The molecule has 3 amide bonds. The minimum atomic E-state index is -0.450. The van der Waals surface area contributed by atoms with Crippen LogP contribution >= 0.6 is 23.4 Å². The first-order valence-corrected chi connectivity index (χ1v) is 6.53. The molecule has 0 aromatic rings. The van der Waals surface area contributed by atoms with E-state index < -0.39 is 6.03 Å². The van der Waals surface area contributed by atoms with Crippen LogP contribution < -0.4 is 10.6 Å². The van der Waals surface area contributed by atoms with E-state index in [1.807, 2.05) is 6.92 Å². The quantitative estimate of drug-likeness (QED) is 0.706. The summed E-state index contributed by atoms with van der Waals surface area (Å²) in [5.41, 5.74) is 0. The zero-order chi connectivity index (χ0) is 11.7. The summed E-state index contributed by atoms with van der Waals surface area (Å²) in [6.45, 7) is 3.95. The molecule has 0 saturated heterocycles. The van der Waals surface area contributed by atoms with Gasteiger partial charge in [0.2, 0.25) is 5.91 Å². The van der Waals surface area contributed by atoms with E-state index in [-0.39, 0.29) is 24.2 Å². The van der Waals surface area contributed by atoms with Crippen molar-refractivity contribution in [3.8, 4) is 0 Å². The fraction of sp³-hybridized carbons (Fsp3) is 0.778. The van der Waals surface area contributed by atoms with Crippen LogP contribution in [0.15, 0.2) is 0 Å². The van der Waals surface area contributed by atoms with Gasteiger partial charge in [0.1, 0.15) is 0 Å². The van der Waals surface area contributed by atoms with Crippen molar-refractivity contribution in [2.24, 2.45) is 0 Å². The molecule has 0 aromatic heterocycles. The van der Waals surface area contributed by atoms with Gasteiger partial charge in [0, 0.05) is 24.1 Å². The molecule has 0 spiro atoms. The van der Waals surface area contributed by atoms with E-state index in [0.29, 0.717) is 0 Å². The zero-order valence-corrected chi connectivity index (χ0v) is 10.6. The van der Waals surface area contributed by atoms with Crippen LogP contribution in [0.5, 0.6) is 0 Å². The zero-order valence-electron chi connectivity index (χ0n) is 9.01. The number of thioether (sulfide) groups is 1. The largest absolute Gasteiger partial charge is 0.335 e. The summed E-state index contributed by atoms with van der Waals surface area (Å²) in [6.07, 6.45) is 0.160. The molecule has 15 heavy (non-hydrogen) atoms. The fourth-order valence-corrected chi connectivity index (χ4v) is 1.72. The predicted molar refractivity (Wildman–Crippen MR) is 64.5 cm³/mol. The lowest BCUT2D eigenvalue weighted by Crippen LogP contribution is -2.44. The molecule has 0 saturated carbocycles. The van der Waals surface area contributed by atoms with Gasteiger partial charge in [-0.25, -0.2) is 4.79 Å². The second-order valence-corrected chi connectivity index (χ2v) is 4.72. The fourth-order valence-electron chi connectivity index (χ4n) is 0.871. The first-order valence-electron chi connectivity index (χ1n) is 4.84. The summed E-state index contributed by atoms with van der Waals surface area (Å²) in [5, 5.41) is 4.87. The minimum Gasteiger partial charge on any atom is -0.335 e. The molecule has 0 aromatic carbocycles. The summed E-state index contributed by atoms with van der Waals surface area (Å²) >= 11 is 7.10. The number of nitrogens with one attached hydrogen (secondary N) is 2. The predicted octanol–water partition coefficient (Wildman–Crippen LogP) is 1.58. The topological polar surface area (TPSA) is 58.2 Å². The molecule has 0 bridgehead atoms. The molecule has 0 radical (unpaired) electrons. The van der Waals surface area contributed by atoms with Gasteiger partial charge in [-0.2, -0.15) is 11.8 Å². The van der Waals surface area contributed by atoms with Gasteiger partial charge in [-0.15, -0.1) is 11.6 Å². The van der Waals surface area contributed by atoms with Crippen LogP contribution in [0, 0.1) is 0 Å². The Bertz CT molecular complexity index is 214. The number of carbonyl (C=O) groups is 2. The molecule has 1 unspecified atom stereocenters. The lowest BCUT2D eigenvalue weighted by Gasteiger charge is -2.12. The standard InChI is InChI=1S/C9H17ClN2O2S/c1-3-15-6-7(2)11-9(14)12-8(13)4-5-10/h7H,3-6H2,1-2H3,(H2,11,12,13,14). The molecule has 0 aliphatic carbocycles. The number of carbonyl (C=O) groups excluding carboxylic acids is 2. The molecule has 0 heterocycles. The van der Waals surface area contributed by atoms with Crippen molar-refractivity contribution in [1.29, 1.82) is 0 Å².